The summed E-state index contributed by atoms with van der Waals surface area (Å²) in [5, 5.41) is 3.89. The molecule has 0 amide bonds. The van der Waals surface area contributed by atoms with Crippen LogP contribution in [0.1, 0.15) is 11.5 Å². The van der Waals surface area contributed by atoms with Crippen molar-refractivity contribution in [2.24, 2.45) is 0 Å². The van der Waals surface area contributed by atoms with Crippen LogP contribution in [0.5, 0.6) is 0 Å². The van der Waals surface area contributed by atoms with Gasteiger partial charge >= 0.3 is 0 Å². The number of rotatable bonds is 6. The van der Waals surface area contributed by atoms with Crippen molar-refractivity contribution in [3.8, 4) is 11.6 Å². The smallest absolute Gasteiger partial charge is 0.261 e. The molecular weight excluding hydrogens is 366 g/mol. The highest BCUT2D eigenvalue weighted by Crippen LogP contribution is 2.23. The summed E-state index contributed by atoms with van der Waals surface area (Å²) in [5.74, 6) is 1.20. The number of hydrogen-bond donors (Lipinski definition) is 1. The molecule has 0 bridgehead atoms. The summed E-state index contributed by atoms with van der Waals surface area (Å²) in [6.45, 7) is 0. The first-order valence-electron chi connectivity index (χ1n) is 8.14. The molecule has 0 spiro atoms. The van der Waals surface area contributed by atoms with E-state index in [2.05, 4.69) is 14.9 Å². The summed E-state index contributed by atoms with van der Waals surface area (Å²) in [6.07, 6.45) is 1.81. The molecule has 0 saturated heterocycles. The van der Waals surface area contributed by atoms with Crippen molar-refractivity contribution >= 4 is 15.7 Å². The van der Waals surface area contributed by atoms with Crippen LogP contribution < -0.4 is 4.72 Å². The molecule has 0 unspecified atom stereocenters. The van der Waals surface area contributed by atoms with E-state index >= 15 is 0 Å². The zero-order valence-corrected chi connectivity index (χ0v) is 14.9. The fourth-order valence-electron chi connectivity index (χ4n) is 2.57. The first-order valence-corrected chi connectivity index (χ1v) is 9.62. The van der Waals surface area contributed by atoms with E-state index in [0.29, 0.717) is 28.7 Å². The van der Waals surface area contributed by atoms with Gasteiger partial charge in [0.1, 0.15) is 0 Å². The van der Waals surface area contributed by atoms with Gasteiger partial charge in [0.25, 0.3) is 10.0 Å². The molecule has 0 atom stereocenters. The van der Waals surface area contributed by atoms with Gasteiger partial charge in [-0.25, -0.2) is 8.42 Å². The number of nitrogens with zero attached hydrogens (tertiary/aromatic N) is 2. The summed E-state index contributed by atoms with van der Waals surface area (Å²) >= 11 is 0. The van der Waals surface area contributed by atoms with Gasteiger partial charge in [-0.05, 0) is 35.9 Å². The lowest BCUT2D eigenvalue weighted by Crippen LogP contribution is -2.14. The fourth-order valence-corrected chi connectivity index (χ4v) is 3.69. The van der Waals surface area contributed by atoms with E-state index in [1.165, 1.54) is 6.26 Å². The molecule has 27 heavy (non-hydrogen) atoms. The number of para-hydroxylation sites is 1. The van der Waals surface area contributed by atoms with Crippen LogP contribution in [0, 0.1) is 0 Å². The molecule has 2 aromatic heterocycles. The number of benzene rings is 2. The van der Waals surface area contributed by atoms with Crippen molar-refractivity contribution in [2.45, 2.75) is 11.3 Å². The number of nitrogens with one attached hydrogen (secondary N) is 1. The Morgan fingerprint density at radius 1 is 0.926 bits per heavy atom. The van der Waals surface area contributed by atoms with E-state index in [1.807, 2.05) is 6.07 Å². The van der Waals surface area contributed by atoms with Crippen molar-refractivity contribution in [3.63, 3.8) is 0 Å². The topological polar surface area (TPSA) is 98.2 Å². The van der Waals surface area contributed by atoms with Crippen LogP contribution >= 0.6 is 0 Å². The predicted molar refractivity (Wildman–Crippen MR) is 98.5 cm³/mol. The first kappa shape index (κ1) is 17.0. The van der Waals surface area contributed by atoms with Crippen LogP contribution in [0.4, 0.5) is 5.69 Å². The number of sulfonamides is 1. The second kappa shape index (κ2) is 7.08. The van der Waals surface area contributed by atoms with Gasteiger partial charge in [-0.3, -0.25) is 4.72 Å². The molecular formula is C19H15N3O4S. The third-order valence-corrected chi connectivity index (χ3v) is 5.25. The Morgan fingerprint density at radius 3 is 2.48 bits per heavy atom. The van der Waals surface area contributed by atoms with Gasteiger partial charge in [0.15, 0.2) is 5.76 Å². The maximum absolute atomic E-state index is 12.6. The molecule has 0 saturated carbocycles. The second-order valence-electron chi connectivity index (χ2n) is 5.74. The third-order valence-electron chi connectivity index (χ3n) is 3.87. The number of anilines is 1. The molecule has 0 fully saturated rings. The average Bonchev–Trinajstić information content (AvgIpc) is 3.35. The lowest BCUT2D eigenvalue weighted by Gasteiger charge is -2.11. The molecule has 4 aromatic rings. The number of aromatic nitrogens is 2. The van der Waals surface area contributed by atoms with Crippen molar-refractivity contribution in [2.75, 3.05) is 4.72 Å². The Morgan fingerprint density at radius 2 is 1.70 bits per heavy atom. The van der Waals surface area contributed by atoms with Crippen LogP contribution in [0.2, 0.25) is 0 Å². The quantitative estimate of drug-likeness (QED) is 0.546. The molecule has 0 radical (unpaired) electrons. The molecule has 4 rings (SSSR count). The van der Waals surface area contributed by atoms with Gasteiger partial charge in [0.05, 0.1) is 23.3 Å². The summed E-state index contributed by atoms with van der Waals surface area (Å²) in [6, 6.07) is 18.7. The van der Waals surface area contributed by atoms with Crippen LogP contribution in [-0.4, -0.2) is 18.6 Å². The van der Waals surface area contributed by atoms with E-state index in [-0.39, 0.29) is 11.3 Å². The molecule has 2 heterocycles. The molecule has 136 valence electrons. The Labute approximate surface area is 155 Å². The van der Waals surface area contributed by atoms with E-state index in [0.717, 1.165) is 0 Å². The maximum Gasteiger partial charge on any atom is 0.261 e. The first-order chi connectivity index (χ1) is 13.1. The zero-order chi connectivity index (χ0) is 18.7. The highest BCUT2D eigenvalue weighted by atomic mass is 32.2. The predicted octanol–water partition coefficient (Wildman–Crippen LogP) is 3.72. The van der Waals surface area contributed by atoms with E-state index < -0.39 is 10.0 Å². The van der Waals surface area contributed by atoms with Crippen molar-refractivity contribution in [1.82, 2.24) is 10.1 Å². The monoisotopic (exact) mass is 381 g/mol. The van der Waals surface area contributed by atoms with Crippen LogP contribution in [0.25, 0.3) is 11.6 Å². The maximum atomic E-state index is 12.6. The Balaban J connectivity index is 1.59. The average molecular weight is 381 g/mol. The standard InChI is InChI=1S/C19H15N3O4S/c23-27(24,15-8-2-1-3-9-15)22-16-10-5-4-7-14(16)13-18-20-19(21-26-18)17-11-6-12-25-17/h1-12,22H,13H2. The van der Waals surface area contributed by atoms with Crippen LogP contribution in [-0.2, 0) is 16.4 Å². The van der Waals surface area contributed by atoms with Gasteiger partial charge < -0.3 is 8.94 Å². The van der Waals surface area contributed by atoms with Crippen molar-refractivity contribution in [3.05, 3.63) is 84.4 Å². The fraction of sp³-hybridized carbons (Fsp3) is 0.0526. The van der Waals surface area contributed by atoms with Gasteiger partial charge in [0.2, 0.25) is 11.7 Å². The lowest BCUT2D eigenvalue weighted by atomic mass is 10.1. The third kappa shape index (κ3) is 3.75. The van der Waals surface area contributed by atoms with Crippen molar-refractivity contribution < 1.29 is 17.4 Å². The second-order valence-corrected chi connectivity index (χ2v) is 7.42. The summed E-state index contributed by atoms with van der Waals surface area (Å²) in [4.78, 5) is 4.49. The highest BCUT2D eigenvalue weighted by molar-refractivity contribution is 7.92. The van der Waals surface area contributed by atoms with Crippen LogP contribution in [0.3, 0.4) is 0 Å². The zero-order valence-electron chi connectivity index (χ0n) is 14.1. The summed E-state index contributed by atoms with van der Waals surface area (Å²) < 4.78 is 38.3. The van der Waals surface area contributed by atoms with E-state index in [1.54, 1.807) is 60.7 Å². The molecule has 0 aliphatic rings. The SMILES string of the molecule is O=S(=O)(Nc1ccccc1Cc1nc(-c2ccco2)no1)c1ccccc1. The minimum absolute atomic E-state index is 0.192. The van der Waals surface area contributed by atoms with Crippen LogP contribution in [0.15, 0.2) is 86.8 Å². The molecule has 2 aromatic carbocycles. The Hall–Kier alpha value is -3.39. The molecule has 0 aliphatic heterocycles. The Bertz CT molecular complexity index is 1140. The molecule has 8 heteroatoms. The van der Waals surface area contributed by atoms with E-state index in [4.69, 9.17) is 8.94 Å². The normalized spacial score (nSPS) is 11.4. The number of hydrogen-bond acceptors (Lipinski definition) is 6. The number of furan rings is 1. The van der Waals surface area contributed by atoms with Gasteiger partial charge in [-0.1, -0.05) is 41.6 Å². The minimum atomic E-state index is -3.69. The molecule has 1 N–H and O–H groups in total. The van der Waals surface area contributed by atoms with Gasteiger partial charge in [-0.15, -0.1) is 0 Å². The van der Waals surface area contributed by atoms with Gasteiger partial charge in [0, 0.05) is 0 Å². The molecule has 0 aliphatic carbocycles. The molecule has 7 nitrogen and oxygen atoms in total. The highest BCUT2D eigenvalue weighted by Gasteiger charge is 2.17. The Kier molecular flexibility index (Phi) is 4.47. The summed E-state index contributed by atoms with van der Waals surface area (Å²) in [7, 11) is -3.69. The summed E-state index contributed by atoms with van der Waals surface area (Å²) in [5.41, 5.74) is 1.17. The van der Waals surface area contributed by atoms with Gasteiger partial charge in [-0.2, -0.15) is 4.98 Å². The largest absolute Gasteiger partial charge is 0.461 e. The lowest BCUT2D eigenvalue weighted by molar-refractivity contribution is 0.384. The van der Waals surface area contributed by atoms with Crippen molar-refractivity contribution in [1.29, 1.82) is 0 Å². The van der Waals surface area contributed by atoms with E-state index in [9.17, 15) is 8.42 Å². The minimum Gasteiger partial charge on any atom is -0.461 e.